The summed E-state index contributed by atoms with van der Waals surface area (Å²) in [5, 5.41) is 4.38. The van der Waals surface area contributed by atoms with Crippen LogP contribution >= 0.6 is 0 Å². The second-order valence-corrected chi connectivity index (χ2v) is 4.72. The van der Waals surface area contributed by atoms with Crippen molar-refractivity contribution in [1.29, 1.82) is 0 Å². The van der Waals surface area contributed by atoms with Crippen LogP contribution in [-0.4, -0.2) is 62.7 Å². The molecule has 0 amide bonds. The summed E-state index contributed by atoms with van der Waals surface area (Å²) in [4.78, 5) is 5.05. The van der Waals surface area contributed by atoms with Gasteiger partial charge < -0.3 is 9.80 Å². The van der Waals surface area contributed by atoms with Gasteiger partial charge in [-0.2, -0.15) is 0 Å². The van der Waals surface area contributed by atoms with Crippen LogP contribution in [0.15, 0.2) is 0 Å². The first-order valence-electron chi connectivity index (χ1n) is 5.89. The zero-order valence-corrected chi connectivity index (χ0v) is 9.28. The fourth-order valence-corrected chi connectivity index (χ4v) is 2.44. The minimum atomic E-state index is 0.948. The lowest BCUT2D eigenvalue weighted by molar-refractivity contribution is 0.149. The van der Waals surface area contributed by atoms with Crippen molar-refractivity contribution < 1.29 is 0 Å². The summed E-state index contributed by atoms with van der Waals surface area (Å²) in [6, 6.07) is 0. The van der Waals surface area contributed by atoms with Crippen molar-refractivity contribution >= 4 is 0 Å². The second-order valence-electron chi connectivity index (χ2n) is 4.72. The molecule has 2 rings (SSSR count). The third-order valence-electron chi connectivity index (χ3n) is 3.50. The van der Waals surface area contributed by atoms with Gasteiger partial charge in [0.2, 0.25) is 0 Å². The summed E-state index contributed by atoms with van der Waals surface area (Å²) < 4.78 is 0. The average molecular weight is 196 g/mol. The first-order valence-corrected chi connectivity index (χ1v) is 5.89. The maximum absolute atomic E-state index is 4.38. The standard InChI is InChI=1S/C11H22N3/c1-13-6-2-11(3-7-13)10-14-8-4-12-5-9-14/h11H,2-10H2,1H3. The Kier molecular flexibility index (Phi) is 3.79. The van der Waals surface area contributed by atoms with Crippen molar-refractivity contribution in [2.45, 2.75) is 12.8 Å². The molecule has 0 aromatic heterocycles. The monoisotopic (exact) mass is 196 g/mol. The van der Waals surface area contributed by atoms with E-state index in [1.165, 1.54) is 45.6 Å². The predicted molar refractivity (Wildman–Crippen MR) is 58.5 cm³/mol. The molecule has 2 aliphatic heterocycles. The Labute approximate surface area is 87.4 Å². The summed E-state index contributed by atoms with van der Waals surface area (Å²) >= 11 is 0. The van der Waals surface area contributed by atoms with Crippen LogP contribution in [0.3, 0.4) is 0 Å². The zero-order valence-electron chi connectivity index (χ0n) is 9.28. The Bertz CT molecular complexity index is 158. The Morgan fingerprint density at radius 1 is 1.07 bits per heavy atom. The zero-order chi connectivity index (χ0) is 9.80. The number of hydrogen-bond donors (Lipinski definition) is 0. The molecule has 0 bridgehead atoms. The van der Waals surface area contributed by atoms with Crippen molar-refractivity contribution in [3.05, 3.63) is 0 Å². The normalized spacial score (nSPS) is 28.1. The van der Waals surface area contributed by atoms with Gasteiger partial charge in [0.05, 0.1) is 0 Å². The number of rotatable bonds is 2. The fourth-order valence-electron chi connectivity index (χ4n) is 2.44. The Hall–Kier alpha value is -0.120. The molecule has 14 heavy (non-hydrogen) atoms. The topological polar surface area (TPSA) is 20.6 Å². The molecule has 0 spiro atoms. The predicted octanol–water partition coefficient (Wildman–Crippen LogP) is 0.248. The van der Waals surface area contributed by atoms with Crippen LogP contribution in [0.4, 0.5) is 0 Å². The largest absolute Gasteiger partial charge is 0.306 e. The highest BCUT2D eigenvalue weighted by Crippen LogP contribution is 2.17. The Balaban J connectivity index is 1.68. The molecule has 0 saturated carbocycles. The van der Waals surface area contributed by atoms with Crippen LogP contribution in [0.25, 0.3) is 0 Å². The van der Waals surface area contributed by atoms with Gasteiger partial charge in [0.25, 0.3) is 0 Å². The lowest BCUT2D eigenvalue weighted by atomic mass is 9.96. The van der Waals surface area contributed by atoms with E-state index in [4.69, 9.17) is 0 Å². The summed E-state index contributed by atoms with van der Waals surface area (Å²) in [6.45, 7) is 8.44. The SMILES string of the molecule is CN1CCC(CN2CC[N]CC2)CC1. The molecule has 0 atom stereocenters. The van der Waals surface area contributed by atoms with Crippen molar-refractivity contribution in [3.63, 3.8) is 0 Å². The van der Waals surface area contributed by atoms with Gasteiger partial charge >= 0.3 is 0 Å². The number of hydrogen-bond acceptors (Lipinski definition) is 2. The molecule has 0 N–H and O–H groups in total. The first-order chi connectivity index (χ1) is 6.84. The summed E-state index contributed by atoms with van der Waals surface area (Å²) in [6.07, 6.45) is 2.79. The molecule has 2 aliphatic rings. The molecule has 0 unspecified atom stereocenters. The summed E-state index contributed by atoms with van der Waals surface area (Å²) in [7, 11) is 2.23. The van der Waals surface area contributed by atoms with E-state index in [1.807, 2.05) is 0 Å². The van der Waals surface area contributed by atoms with E-state index in [-0.39, 0.29) is 0 Å². The molecular weight excluding hydrogens is 174 g/mol. The van der Waals surface area contributed by atoms with Crippen molar-refractivity contribution in [3.8, 4) is 0 Å². The quantitative estimate of drug-likeness (QED) is 0.631. The molecule has 2 fully saturated rings. The lowest BCUT2D eigenvalue weighted by Gasteiger charge is -2.34. The van der Waals surface area contributed by atoms with Crippen molar-refractivity contribution in [2.24, 2.45) is 5.92 Å². The van der Waals surface area contributed by atoms with Gasteiger partial charge in [0.15, 0.2) is 0 Å². The molecule has 0 aliphatic carbocycles. The van der Waals surface area contributed by atoms with E-state index in [0.29, 0.717) is 0 Å². The summed E-state index contributed by atoms with van der Waals surface area (Å²) in [5.74, 6) is 0.948. The van der Waals surface area contributed by atoms with E-state index in [1.54, 1.807) is 0 Å². The second kappa shape index (κ2) is 5.10. The maximum Gasteiger partial charge on any atom is 0.0261 e. The highest BCUT2D eigenvalue weighted by Gasteiger charge is 2.20. The van der Waals surface area contributed by atoms with E-state index >= 15 is 0 Å². The van der Waals surface area contributed by atoms with Crippen LogP contribution in [0.5, 0.6) is 0 Å². The van der Waals surface area contributed by atoms with E-state index in [9.17, 15) is 0 Å². The van der Waals surface area contributed by atoms with Crippen LogP contribution in [0.1, 0.15) is 12.8 Å². The van der Waals surface area contributed by atoms with Crippen molar-refractivity contribution in [1.82, 2.24) is 15.1 Å². The average Bonchev–Trinajstić information content (AvgIpc) is 2.23. The lowest BCUT2D eigenvalue weighted by Crippen LogP contribution is -2.44. The molecule has 0 aromatic rings. The maximum atomic E-state index is 4.38. The highest BCUT2D eigenvalue weighted by molar-refractivity contribution is 4.75. The van der Waals surface area contributed by atoms with Gasteiger partial charge in [-0.05, 0) is 38.9 Å². The molecule has 81 valence electrons. The van der Waals surface area contributed by atoms with Gasteiger partial charge in [-0.25, -0.2) is 5.32 Å². The van der Waals surface area contributed by atoms with Crippen LogP contribution in [0, 0.1) is 5.92 Å². The minimum absolute atomic E-state index is 0.948. The van der Waals surface area contributed by atoms with Gasteiger partial charge in [0.1, 0.15) is 0 Å². The first kappa shape index (κ1) is 10.4. The van der Waals surface area contributed by atoms with Gasteiger partial charge in [-0.3, -0.25) is 0 Å². The van der Waals surface area contributed by atoms with Gasteiger partial charge in [-0.1, -0.05) is 0 Å². The number of piperidine rings is 1. The van der Waals surface area contributed by atoms with Crippen LogP contribution in [-0.2, 0) is 0 Å². The molecule has 0 aromatic carbocycles. The molecule has 2 saturated heterocycles. The number of nitrogens with zero attached hydrogens (tertiary/aromatic N) is 3. The third kappa shape index (κ3) is 2.94. The van der Waals surface area contributed by atoms with Crippen LogP contribution in [0.2, 0.25) is 0 Å². The van der Waals surface area contributed by atoms with Gasteiger partial charge in [-0.15, -0.1) is 0 Å². The molecule has 2 heterocycles. The molecule has 3 heteroatoms. The minimum Gasteiger partial charge on any atom is -0.306 e. The Morgan fingerprint density at radius 3 is 2.36 bits per heavy atom. The third-order valence-corrected chi connectivity index (χ3v) is 3.50. The van der Waals surface area contributed by atoms with Gasteiger partial charge in [0, 0.05) is 32.7 Å². The molecule has 3 nitrogen and oxygen atoms in total. The van der Waals surface area contributed by atoms with E-state index in [0.717, 1.165) is 19.0 Å². The van der Waals surface area contributed by atoms with E-state index < -0.39 is 0 Å². The molecular formula is C11H22N3. The fraction of sp³-hybridized carbons (Fsp3) is 1.00. The Morgan fingerprint density at radius 2 is 1.71 bits per heavy atom. The summed E-state index contributed by atoms with van der Waals surface area (Å²) in [5.41, 5.74) is 0. The van der Waals surface area contributed by atoms with E-state index in [2.05, 4.69) is 22.2 Å². The van der Waals surface area contributed by atoms with Crippen LogP contribution < -0.4 is 5.32 Å². The van der Waals surface area contributed by atoms with Crippen molar-refractivity contribution in [2.75, 3.05) is 52.9 Å². The number of likely N-dealkylation sites (tertiary alicyclic amines) is 1. The highest BCUT2D eigenvalue weighted by atomic mass is 15.2. The molecule has 1 radical (unpaired) electrons. The smallest absolute Gasteiger partial charge is 0.0261 e. The number of piperazine rings is 1.